The third-order valence-electron chi connectivity index (χ3n) is 5.14. The van der Waals surface area contributed by atoms with Gasteiger partial charge in [0.15, 0.2) is 0 Å². The van der Waals surface area contributed by atoms with E-state index in [0.717, 1.165) is 11.1 Å². The highest BCUT2D eigenvalue weighted by atomic mass is 19.1. The quantitative estimate of drug-likeness (QED) is 0.388. The smallest absolute Gasteiger partial charge is 0.251 e. The van der Waals surface area contributed by atoms with E-state index in [0.29, 0.717) is 40.8 Å². The van der Waals surface area contributed by atoms with Crippen molar-refractivity contribution in [2.24, 2.45) is 0 Å². The van der Waals surface area contributed by atoms with Crippen molar-refractivity contribution in [3.05, 3.63) is 96.1 Å². The van der Waals surface area contributed by atoms with Crippen LogP contribution < -0.4 is 20.1 Å². The molecule has 2 N–H and O–H groups in total. The van der Waals surface area contributed by atoms with Crippen LogP contribution in [0.5, 0.6) is 11.5 Å². The number of hydrogen-bond acceptors (Lipinski definition) is 6. The van der Waals surface area contributed by atoms with Gasteiger partial charge >= 0.3 is 0 Å². The van der Waals surface area contributed by atoms with Gasteiger partial charge in [0.25, 0.3) is 5.91 Å². The fourth-order valence-electron chi connectivity index (χ4n) is 3.37. The van der Waals surface area contributed by atoms with Crippen LogP contribution in [0.15, 0.2) is 79.1 Å². The van der Waals surface area contributed by atoms with Crippen molar-refractivity contribution in [2.45, 2.75) is 6.54 Å². The number of nitrogens with one attached hydrogen (secondary N) is 2. The maximum atomic E-state index is 13.2. The van der Waals surface area contributed by atoms with E-state index in [1.54, 1.807) is 56.7 Å². The highest BCUT2D eigenvalue weighted by molar-refractivity contribution is 5.95. The van der Waals surface area contributed by atoms with Gasteiger partial charge < -0.3 is 20.1 Å². The lowest BCUT2D eigenvalue weighted by molar-refractivity contribution is 0.0950. The Kier molecular flexibility index (Phi) is 6.98. The summed E-state index contributed by atoms with van der Waals surface area (Å²) in [5.74, 6) is 1.33. The largest absolute Gasteiger partial charge is 0.497 e. The van der Waals surface area contributed by atoms with E-state index < -0.39 is 0 Å². The van der Waals surface area contributed by atoms with E-state index in [1.807, 2.05) is 18.2 Å². The Hall–Kier alpha value is -4.46. The summed E-state index contributed by atoms with van der Waals surface area (Å²) in [7, 11) is 3.16. The second kappa shape index (κ2) is 10.4. The molecule has 1 amide bonds. The minimum Gasteiger partial charge on any atom is -0.497 e. The summed E-state index contributed by atoms with van der Waals surface area (Å²) in [4.78, 5) is 21.2. The second-order valence-electron chi connectivity index (χ2n) is 7.36. The summed E-state index contributed by atoms with van der Waals surface area (Å²) in [6.45, 7) is 0.302. The molecule has 0 saturated carbocycles. The number of rotatable bonds is 8. The van der Waals surface area contributed by atoms with E-state index >= 15 is 0 Å². The van der Waals surface area contributed by atoms with Crippen LogP contribution in [0.4, 0.5) is 15.9 Å². The highest BCUT2D eigenvalue weighted by Gasteiger charge is 2.10. The van der Waals surface area contributed by atoms with E-state index in [-0.39, 0.29) is 11.7 Å². The summed E-state index contributed by atoms with van der Waals surface area (Å²) in [6.07, 6.45) is 1.43. The number of anilines is 2. The van der Waals surface area contributed by atoms with E-state index in [9.17, 15) is 9.18 Å². The van der Waals surface area contributed by atoms with Crippen molar-refractivity contribution in [3.8, 4) is 22.8 Å². The molecule has 0 fully saturated rings. The second-order valence-corrected chi connectivity index (χ2v) is 7.36. The van der Waals surface area contributed by atoms with Crippen molar-refractivity contribution in [3.63, 3.8) is 0 Å². The number of benzene rings is 3. The molecule has 34 heavy (non-hydrogen) atoms. The molecule has 1 aromatic heterocycles. The lowest BCUT2D eigenvalue weighted by Crippen LogP contribution is -2.23. The molecule has 0 bridgehead atoms. The van der Waals surface area contributed by atoms with Crippen LogP contribution in [0.25, 0.3) is 11.3 Å². The van der Waals surface area contributed by atoms with Crippen molar-refractivity contribution in [1.29, 1.82) is 0 Å². The number of halogens is 1. The molecular weight excluding hydrogens is 435 g/mol. The molecule has 4 rings (SSSR count). The normalized spacial score (nSPS) is 10.4. The van der Waals surface area contributed by atoms with Crippen LogP contribution in [-0.2, 0) is 6.54 Å². The molecule has 0 spiro atoms. The zero-order valence-corrected chi connectivity index (χ0v) is 18.7. The molecule has 4 aromatic rings. The van der Waals surface area contributed by atoms with Gasteiger partial charge in [-0.2, -0.15) is 0 Å². The topological polar surface area (TPSA) is 85.4 Å². The number of ether oxygens (including phenoxy) is 2. The standard InChI is InChI=1S/C26H23FN4O3/c1-33-22-11-8-19(24(13-22)34-2)15-28-26(32)18-4-3-5-21(12-18)31-25-14-23(29-16-30-25)17-6-9-20(27)10-7-17/h3-14,16H,15H2,1-2H3,(H,28,32)(H,29,30,31). The summed E-state index contributed by atoms with van der Waals surface area (Å²) >= 11 is 0. The summed E-state index contributed by atoms with van der Waals surface area (Å²) in [5.41, 5.74) is 3.44. The SMILES string of the molecule is COc1ccc(CNC(=O)c2cccc(Nc3cc(-c4ccc(F)cc4)ncn3)c2)c(OC)c1. The lowest BCUT2D eigenvalue weighted by Gasteiger charge is -2.12. The molecule has 0 aliphatic carbocycles. The van der Waals surface area contributed by atoms with Gasteiger partial charge in [-0.3, -0.25) is 4.79 Å². The summed E-state index contributed by atoms with van der Waals surface area (Å²) in [5, 5.41) is 6.10. The minimum absolute atomic E-state index is 0.226. The highest BCUT2D eigenvalue weighted by Crippen LogP contribution is 2.25. The van der Waals surface area contributed by atoms with Crippen LogP contribution in [0, 0.1) is 5.82 Å². The van der Waals surface area contributed by atoms with E-state index in [1.165, 1.54) is 18.5 Å². The first kappa shape index (κ1) is 22.7. The van der Waals surface area contributed by atoms with Crippen LogP contribution in [0.1, 0.15) is 15.9 Å². The first-order valence-corrected chi connectivity index (χ1v) is 10.5. The van der Waals surface area contributed by atoms with Gasteiger partial charge in [-0.1, -0.05) is 6.07 Å². The molecule has 7 nitrogen and oxygen atoms in total. The van der Waals surface area contributed by atoms with E-state index in [4.69, 9.17) is 9.47 Å². The van der Waals surface area contributed by atoms with Gasteiger partial charge in [0.05, 0.1) is 19.9 Å². The number of hydrogen-bond donors (Lipinski definition) is 2. The Morgan fingerprint density at radius 2 is 1.76 bits per heavy atom. The van der Waals surface area contributed by atoms with Crippen LogP contribution in [0.2, 0.25) is 0 Å². The summed E-state index contributed by atoms with van der Waals surface area (Å²) in [6, 6.07) is 20.4. The number of aromatic nitrogens is 2. The lowest BCUT2D eigenvalue weighted by atomic mass is 10.1. The number of amides is 1. The van der Waals surface area contributed by atoms with Crippen molar-refractivity contribution >= 4 is 17.4 Å². The molecule has 8 heteroatoms. The van der Waals surface area contributed by atoms with Crippen LogP contribution in [-0.4, -0.2) is 30.1 Å². The molecule has 3 aromatic carbocycles. The Morgan fingerprint density at radius 3 is 2.53 bits per heavy atom. The first-order chi connectivity index (χ1) is 16.6. The number of nitrogens with zero attached hydrogens (tertiary/aromatic N) is 2. The Morgan fingerprint density at radius 1 is 0.941 bits per heavy atom. The predicted octanol–water partition coefficient (Wildman–Crippen LogP) is 4.97. The summed E-state index contributed by atoms with van der Waals surface area (Å²) < 4.78 is 23.8. The molecule has 0 unspecified atom stereocenters. The predicted molar refractivity (Wildman–Crippen MR) is 128 cm³/mol. The fourth-order valence-corrected chi connectivity index (χ4v) is 3.37. The zero-order valence-electron chi connectivity index (χ0n) is 18.7. The van der Waals surface area contributed by atoms with Crippen LogP contribution in [0.3, 0.4) is 0 Å². The van der Waals surface area contributed by atoms with Gasteiger partial charge in [0, 0.05) is 41.1 Å². The Bertz CT molecular complexity index is 1300. The van der Waals surface area contributed by atoms with Crippen LogP contribution >= 0.6 is 0 Å². The Balaban J connectivity index is 1.44. The average molecular weight is 458 g/mol. The molecule has 0 atom stereocenters. The molecule has 0 aliphatic heterocycles. The number of carbonyl (C=O) groups is 1. The number of methoxy groups -OCH3 is 2. The zero-order chi connectivity index (χ0) is 23.9. The minimum atomic E-state index is -0.309. The van der Waals surface area contributed by atoms with E-state index in [2.05, 4.69) is 20.6 Å². The monoisotopic (exact) mass is 458 g/mol. The van der Waals surface area contributed by atoms with Crippen molar-refractivity contribution in [1.82, 2.24) is 15.3 Å². The van der Waals surface area contributed by atoms with Crippen molar-refractivity contribution < 1.29 is 18.7 Å². The molecule has 0 saturated heterocycles. The molecule has 0 aliphatic rings. The molecule has 172 valence electrons. The van der Waals surface area contributed by atoms with Gasteiger partial charge in [0.2, 0.25) is 0 Å². The maximum absolute atomic E-state index is 13.2. The number of carbonyl (C=O) groups excluding carboxylic acids is 1. The first-order valence-electron chi connectivity index (χ1n) is 10.5. The van der Waals surface area contributed by atoms with Gasteiger partial charge in [-0.25, -0.2) is 14.4 Å². The fraction of sp³-hybridized carbons (Fsp3) is 0.115. The maximum Gasteiger partial charge on any atom is 0.251 e. The molecular formula is C26H23FN4O3. The van der Waals surface area contributed by atoms with Crippen molar-refractivity contribution in [2.75, 3.05) is 19.5 Å². The third-order valence-corrected chi connectivity index (χ3v) is 5.14. The molecule has 0 radical (unpaired) electrons. The van der Waals surface area contributed by atoms with Gasteiger partial charge in [-0.05, 0) is 54.6 Å². The van der Waals surface area contributed by atoms with Gasteiger partial charge in [0.1, 0.15) is 29.5 Å². The molecule has 1 heterocycles. The average Bonchev–Trinajstić information content (AvgIpc) is 2.88. The van der Waals surface area contributed by atoms with Gasteiger partial charge in [-0.15, -0.1) is 0 Å². The Labute approximate surface area is 196 Å². The third kappa shape index (κ3) is 5.47.